The Labute approximate surface area is 178 Å². The maximum absolute atomic E-state index is 13.7. The van der Waals surface area contributed by atoms with Crippen LogP contribution in [0, 0.1) is 17.1 Å². The molecule has 0 aliphatic heterocycles. The molecule has 2 N–H and O–H groups in total. The summed E-state index contributed by atoms with van der Waals surface area (Å²) in [7, 11) is 0. The molecule has 0 atom stereocenters. The van der Waals surface area contributed by atoms with Gasteiger partial charge < -0.3 is 15.2 Å². The number of halogens is 4. The Morgan fingerprint density at radius 1 is 1.09 bits per heavy atom. The fraction of sp³-hybridized carbons (Fsp3) is 0.143. The van der Waals surface area contributed by atoms with Crippen molar-refractivity contribution < 1.29 is 32.2 Å². The zero-order valence-electron chi connectivity index (χ0n) is 16.2. The minimum atomic E-state index is -4.84. The number of nitrogens with one attached hydrogen (secondary N) is 1. The number of hydrogen-bond donors (Lipinski definition) is 2. The van der Waals surface area contributed by atoms with Gasteiger partial charge in [-0.1, -0.05) is 0 Å². The van der Waals surface area contributed by atoms with E-state index >= 15 is 0 Å². The maximum Gasteiger partial charge on any atom is 0.573 e. The number of aromatic nitrogens is 2. The van der Waals surface area contributed by atoms with Gasteiger partial charge in [0, 0.05) is 17.7 Å². The van der Waals surface area contributed by atoms with E-state index in [1.54, 1.807) is 6.07 Å². The van der Waals surface area contributed by atoms with Gasteiger partial charge in [0.1, 0.15) is 23.3 Å². The van der Waals surface area contributed by atoms with Crippen molar-refractivity contribution >= 4 is 5.91 Å². The topological polar surface area (TPSA) is 108 Å². The van der Waals surface area contributed by atoms with Gasteiger partial charge in [-0.15, -0.1) is 13.2 Å². The molecular weight excluding hydrogens is 432 g/mol. The highest BCUT2D eigenvalue weighted by Crippen LogP contribution is 2.28. The summed E-state index contributed by atoms with van der Waals surface area (Å²) < 4.78 is 54.7. The van der Waals surface area contributed by atoms with Crippen molar-refractivity contribution in [1.82, 2.24) is 15.3 Å². The van der Waals surface area contributed by atoms with E-state index in [2.05, 4.69) is 20.0 Å². The van der Waals surface area contributed by atoms with Crippen molar-refractivity contribution in [3.05, 3.63) is 65.6 Å². The monoisotopic (exact) mass is 446 g/mol. The van der Waals surface area contributed by atoms with E-state index in [-0.39, 0.29) is 41.5 Å². The zero-order chi connectivity index (χ0) is 23.3. The molecule has 0 bridgehead atoms. The molecule has 7 nitrogen and oxygen atoms in total. The van der Waals surface area contributed by atoms with Gasteiger partial charge in [-0.25, -0.2) is 14.4 Å². The lowest BCUT2D eigenvalue weighted by atomic mass is 10.1. The van der Waals surface area contributed by atoms with E-state index in [9.17, 15) is 22.4 Å². The Morgan fingerprint density at radius 3 is 2.41 bits per heavy atom. The van der Waals surface area contributed by atoms with E-state index in [0.29, 0.717) is 5.56 Å². The molecule has 1 amide bonds. The summed E-state index contributed by atoms with van der Waals surface area (Å²) in [5.74, 6) is -1.82. The summed E-state index contributed by atoms with van der Waals surface area (Å²) in [6.07, 6.45) is -4.84. The van der Waals surface area contributed by atoms with Gasteiger partial charge in [0.2, 0.25) is 0 Å². The molecule has 3 rings (SSSR count). The van der Waals surface area contributed by atoms with Gasteiger partial charge in [-0.2, -0.15) is 5.26 Å². The fourth-order valence-corrected chi connectivity index (χ4v) is 2.68. The number of aliphatic hydroxyl groups excluding tert-OH is 1. The Hall–Kier alpha value is -4.04. The normalized spacial score (nSPS) is 11.0. The van der Waals surface area contributed by atoms with Crippen LogP contribution in [-0.2, 0) is 0 Å². The first-order valence-corrected chi connectivity index (χ1v) is 9.04. The highest BCUT2D eigenvalue weighted by molar-refractivity contribution is 5.93. The quantitative estimate of drug-likeness (QED) is 0.562. The van der Waals surface area contributed by atoms with Gasteiger partial charge in [0.05, 0.1) is 17.9 Å². The first-order valence-electron chi connectivity index (χ1n) is 9.04. The van der Waals surface area contributed by atoms with Crippen LogP contribution in [0.15, 0.2) is 48.5 Å². The number of aliphatic hydroxyl groups is 1. The van der Waals surface area contributed by atoms with Crippen molar-refractivity contribution in [2.24, 2.45) is 0 Å². The van der Waals surface area contributed by atoms with Gasteiger partial charge >= 0.3 is 6.36 Å². The molecule has 0 radical (unpaired) electrons. The van der Waals surface area contributed by atoms with Crippen molar-refractivity contribution in [3.8, 4) is 34.5 Å². The number of benzene rings is 2. The van der Waals surface area contributed by atoms with E-state index in [1.807, 2.05) is 0 Å². The molecule has 0 spiro atoms. The van der Waals surface area contributed by atoms with E-state index in [0.717, 1.165) is 18.2 Å². The van der Waals surface area contributed by atoms with Crippen LogP contribution in [0.25, 0.3) is 22.6 Å². The number of carbonyl (C=O) groups excluding carboxylic acids is 1. The largest absolute Gasteiger partial charge is 0.573 e. The summed E-state index contributed by atoms with van der Waals surface area (Å²) in [5.41, 5.74) is 0.430. The van der Waals surface area contributed by atoms with Gasteiger partial charge in [0.25, 0.3) is 5.91 Å². The molecule has 2 aromatic carbocycles. The number of amides is 1. The highest BCUT2D eigenvalue weighted by atomic mass is 19.4. The summed E-state index contributed by atoms with van der Waals surface area (Å²) in [6, 6.07) is 11.4. The lowest BCUT2D eigenvalue weighted by Crippen LogP contribution is -2.27. The molecule has 0 fully saturated rings. The Morgan fingerprint density at radius 2 is 1.78 bits per heavy atom. The second-order valence-electron chi connectivity index (χ2n) is 6.32. The molecule has 1 aromatic heterocycles. The van der Waals surface area contributed by atoms with Crippen LogP contribution >= 0.6 is 0 Å². The molecule has 164 valence electrons. The minimum absolute atomic E-state index is 0.0104. The van der Waals surface area contributed by atoms with E-state index < -0.39 is 23.8 Å². The molecular formula is C21H14F4N4O3. The second kappa shape index (κ2) is 9.40. The van der Waals surface area contributed by atoms with Crippen LogP contribution in [0.4, 0.5) is 17.6 Å². The molecule has 0 saturated heterocycles. The molecule has 1 heterocycles. The molecule has 0 saturated carbocycles. The van der Waals surface area contributed by atoms with E-state index in [1.165, 1.54) is 30.3 Å². The van der Waals surface area contributed by atoms with Crippen LogP contribution in [0.2, 0.25) is 0 Å². The average molecular weight is 446 g/mol. The Kier molecular flexibility index (Phi) is 6.65. The summed E-state index contributed by atoms with van der Waals surface area (Å²) >= 11 is 0. The predicted octanol–water partition coefficient (Wildman–Crippen LogP) is 3.44. The standard InChI is InChI=1S/C21H14F4N4O3/c22-16-6-3-13(9-14(16)11-26)19-28-17(10-18(29-19)20(31)27-7-8-30)12-1-4-15(5-2-12)32-21(23,24)25/h1-6,9-10,30H,7-8H2,(H,27,31). The lowest BCUT2D eigenvalue weighted by molar-refractivity contribution is -0.274. The third-order valence-corrected chi connectivity index (χ3v) is 4.08. The average Bonchev–Trinajstić information content (AvgIpc) is 2.77. The number of alkyl halides is 3. The molecule has 11 heteroatoms. The molecule has 3 aromatic rings. The van der Waals surface area contributed by atoms with Crippen molar-refractivity contribution in [2.45, 2.75) is 6.36 Å². The molecule has 0 aliphatic rings. The smallest absolute Gasteiger partial charge is 0.406 e. The summed E-state index contributed by atoms with van der Waals surface area (Å²) in [6.45, 7) is -0.340. The number of nitrogens with zero attached hydrogens (tertiary/aromatic N) is 3. The zero-order valence-corrected chi connectivity index (χ0v) is 16.2. The van der Waals surface area contributed by atoms with Crippen LogP contribution < -0.4 is 10.1 Å². The van der Waals surface area contributed by atoms with Crippen LogP contribution in [0.5, 0.6) is 5.75 Å². The Balaban J connectivity index is 2.06. The van der Waals surface area contributed by atoms with Crippen molar-refractivity contribution in [1.29, 1.82) is 5.26 Å². The third kappa shape index (κ3) is 5.55. The predicted molar refractivity (Wildman–Crippen MR) is 104 cm³/mol. The SMILES string of the molecule is N#Cc1cc(-c2nc(C(=O)NCCO)cc(-c3ccc(OC(F)(F)F)cc3)n2)ccc1F. The van der Waals surface area contributed by atoms with Crippen LogP contribution in [0.3, 0.4) is 0 Å². The second-order valence-corrected chi connectivity index (χ2v) is 6.32. The Bertz CT molecular complexity index is 1180. The van der Waals surface area contributed by atoms with Crippen molar-refractivity contribution in [3.63, 3.8) is 0 Å². The third-order valence-electron chi connectivity index (χ3n) is 4.08. The lowest BCUT2D eigenvalue weighted by Gasteiger charge is -2.11. The van der Waals surface area contributed by atoms with Crippen LogP contribution in [-0.4, -0.2) is 40.5 Å². The maximum atomic E-state index is 13.7. The van der Waals surface area contributed by atoms with Gasteiger partial charge in [-0.3, -0.25) is 4.79 Å². The summed E-state index contributed by atoms with van der Waals surface area (Å²) in [5, 5.41) is 20.4. The first-order chi connectivity index (χ1) is 15.2. The van der Waals surface area contributed by atoms with Gasteiger partial charge in [0.15, 0.2) is 5.82 Å². The molecule has 0 unspecified atom stereocenters. The number of ether oxygens (including phenoxy) is 1. The number of rotatable bonds is 6. The highest BCUT2D eigenvalue weighted by Gasteiger charge is 2.31. The molecule has 32 heavy (non-hydrogen) atoms. The fourth-order valence-electron chi connectivity index (χ4n) is 2.68. The van der Waals surface area contributed by atoms with Gasteiger partial charge in [-0.05, 0) is 48.5 Å². The number of carbonyl (C=O) groups is 1. The minimum Gasteiger partial charge on any atom is -0.406 e. The molecule has 0 aliphatic carbocycles. The summed E-state index contributed by atoms with van der Waals surface area (Å²) in [4.78, 5) is 20.8. The van der Waals surface area contributed by atoms with Crippen LogP contribution in [0.1, 0.15) is 16.1 Å². The first kappa shape index (κ1) is 22.6. The number of nitriles is 1. The van der Waals surface area contributed by atoms with E-state index in [4.69, 9.17) is 10.4 Å². The number of hydrogen-bond acceptors (Lipinski definition) is 6. The van der Waals surface area contributed by atoms with Crippen molar-refractivity contribution in [2.75, 3.05) is 13.2 Å².